The molecule has 2 rings (SSSR count). The van der Waals surface area contributed by atoms with Crippen molar-refractivity contribution in [1.29, 1.82) is 0 Å². The summed E-state index contributed by atoms with van der Waals surface area (Å²) in [4.78, 5) is 0. The standard InChI is InChI=1S/C8H5IN2O2/c9-7-8(12)13-10-11(7)6-4-2-1-3-5-6/h1-5H. The van der Waals surface area contributed by atoms with Crippen LogP contribution in [0, 0.1) is 3.70 Å². The van der Waals surface area contributed by atoms with Crippen molar-refractivity contribution in [2.45, 2.75) is 0 Å². The summed E-state index contributed by atoms with van der Waals surface area (Å²) in [5, 5.41) is 14.6. The molecule has 0 N–H and O–H groups in total. The Kier molecular flexibility index (Phi) is 2.17. The van der Waals surface area contributed by atoms with Crippen LogP contribution in [0.15, 0.2) is 34.9 Å². The van der Waals surface area contributed by atoms with Gasteiger partial charge in [-0.1, -0.05) is 18.2 Å². The van der Waals surface area contributed by atoms with E-state index in [1.807, 2.05) is 52.9 Å². The van der Waals surface area contributed by atoms with E-state index in [4.69, 9.17) is 0 Å². The zero-order chi connectivity index (χ0) is 9.26. The molecule has 1 aromatic heterocycles. The molecule has 1 heterocycles. The average Bonchev–Trinajstić information content (AvgIpc) is 2.49. The average molecular weight is 288 g/mol. The third-order valence-corrected chi connectivity index (χ3v) is 2.46. The van der Waals surface area contributed by atoms with Gasteiger partial charge in [-0.25, -0.2) is 0 Å². The summed E-state index contributed by atoms with van der Waals surface area (Å²) < 4.78 is 6.41. The maximum atomic E-state index is 11.0. The second-order valence-corrected chi connectivity index (χ2v) is 3.42. The van der Waals surface area contributed by atoms with Gasteiger partial charge in [0.2, 0.25) is 5.69 Å². The van der Waals surface area contributed by atoms with E-state index in [0.717, 1.165) is 5.69 Å². The van der Waals surface area contributed by atoms with Gasteiger partial charge in [0.25, 0.3) is 3.70 Å². The molecule has 0 aliphatic carbocycles. The van der Waals surface area contributed by atoms with Crippen LogP contribution in [0.4, 0.5) is 0 Å². The molecule has 0 aliphatic rings. The van der Waals surface area contributed by atoms with Gasteiger partial charge in [-0.3, -0.25) is 0 Å². The highest BCUT2D eigenvalue weighted by molar-refractivity contribution is 14.1. The predicted octanol–water partition coefficient (Wildman–Crippen LogP) is 0.629. The minimum absolute atomic E-state index is 0.413. The van der Waals surface area contributed by atoms with Crippen molar-refractivity contribution >= 4 is 22.6 Å². The maximum Gasteiger partial charge on any atom is 0.298 e. The molecule has 0 spiro atoms. The van der Waals surface area contributed by atoms with Gasteiger partial charge in [-0.05, 0) is 4.68 Å². The fourth-order valence-electron chi connectivity index (χ4n) is 0.968. The molecular weight excluding hydrogens is 283 g/mol. The minimum Gasteiger partial charge on any atom is -0.538 e. The van der Waals surface area contributed by atoms with Gasteiger partial charge in [0, 0.05) is 34.7 Å². The number of para-hydroxylation sites is 1. The lowest BCUT2D eigenvalue weighted by Crippen LogP contribution is -2.35. The summed E-state index contributed by atoms with van der Waals surface area (Å²) in [7, 11) is 0. The first-order valence-electron chi connectivity index (χ1n) is 3.59. The fraction of sp³-hybridized carbons (Fsp3) is 0. The highest BCUT2D eigenvalue weighted by atomic mass is 127. The Morgan fingerprint density at radius 1 is 1.31 bits per heavy atom. The first-order chi connectivity index (χ1) is 6.29. The summed E-state index contributed by atoms with van der Waals surface area (Å²) in [6.45, 7) is 0. The van der Waals surface area contributed by atoms with Gasteiger partial charge >= 0.3 is 0 Å². The molecule has 66 valence electrons. The summed E-state index contributed by atoms with van der Waals surface area (Å²) in [6, 6.07) is 9.35. The van der Waals surface area contributed by atoms with Crippen molar-refractivity contribution in [3.63, 3.8) is 0 Å². The lowest BCUT2D eigenvalue weighted by Gasteiger charge is -1.88. The second-order valence-electron chi connectivity index (χ2n) is 2.40. The highest BCUT2D eigenvalue weighted by Gasteiger charge is 2.15. The molecule has 5 heteroatoms. The number of aromatic nitrogens is 2. The first kappa shape index (κ1) is 8.49. The molecule has 0 aliphatic heterocycles. The zero-order valence-electron chi connectivity index (χ0n) is 6.48. The van der Waals surface area contributed by atoms with E-state index >= 15 is 0 Å². The number of halogens is 1. The lowest BCUT2D eigenvalue weighted by molar-refractivity contribution is -0.682. The van der Waals surface area contributed by atoms with E-state index in [1.54, 1.807) is 0 Å². The molecule has 1 aromatic carbocycles. The Morgan fingerprint density at radius 3 is 2.54 bits per heavy atom. The van der Waals surface area contributed by atoms with E-state index in [2.05, 4.69) is 9.79 Å². The lowest BCUT2D eigenvalue weighted by atomic mass is 10.3. The number of nitrogens with zero attached hydrogens (tertiary/aromatic N) is 2. The molecule has 0 amide bonds. The minimum atomic E-state index is -0.413. The smallest absolute Gasteiger partial charge is 0.298 e. The van der Waals surface area contributed by atoms with Crippen molar-refractivity contribution in [1.82, 2.24) is 5.27 Å². The van der Waals surface area contributed by atoms with Crippen molar-refractivity contribution in [2.24, 2.45) is 0 Å². The van der Waals surface area contributed by atoms with Gasteiger partial charge < -0.3 is 9.63 Å². The quantitative estimate of drug-likeness (QED) is 0.571. The number of benzene rings is 1. The van der Waals surface area contributed by atoms with Gasteiger partial charge in [-0.2, -0.15) is 0 Å². The van der Waals surface area contributed by atoms with Crippen molar-refractivity contribution in [3.8, 4) is 11.6 Å². The molecule has 0 fully saturated rings. The topological polar surface area (TPSA) is 53.0 Å². The van der Waals surface area contributed by atoms with Crippen LogP contribution in [0.2, 0.25) is 0 Å². The van der Waals surface area contributed by atoms with Crippen molar-refractivity contribution in [3.05, 3.63) is 34.0 Å². The molecule has 0 saturated heterocycles. The van der Waals surface area contributed by atoms with Crippen LogP contribution in [-0.4, -0.2) is 5.27 Å². The summed E-state index contributed by atoms with van der Waals surface area (Å²) >= 11 is 1.90. The number of hydrogen-bond acceptors (Lipinski definition) is 3. The molecule has 0 radical (unpaired) electrons. The second kappa shape index (κ2) is 3.33. The normalized spacial score (nSPS) is 10.2. The third kappa shape index (κ3) is 1.51. The van der Waals surface area contributed by atoms with E-state index < -0.39 is 5.95 Å². The van der Waals surface area contributed by atoms with Crippen molar-refractivity contribution in [2.75, 3.05) is 0 Å². The van der Waals surface area contributed by atoms with Crippen LogP contribution in [0.5, 0.6) is 5.95 Å². The van der Waals surface area contributed by atoms with Gasteiger partial charge in [0.1, 0.15) is 0 Å². The number of rotatable bonds is 1. The molecule has 0 saturated carbocycles. The monoisotopic (exact) mass is 288 g/mol. The first-order valence-corrected chi connectivity index (χ1v) is 4.67. The maximum absolute atomic E-state index is 11.0. The van der Waals surface area contributed by atoms with Crippen LogP contribution < -0.4 is 9.79 Å². The Labute approximate surface area is 87.9 Å². The van der Waals surface area contributed by atoms with Gasteiger partial charge in [0.15, 0.2) is 5.95 Å². The fourth-order valence-corrected chi connectivity index (χ4v) is 1.43. The van der Waals surface area contributed by atoms with Crippen LogP contribution in [-0.2, 0) is 0 Å². The van der Waals surface area contributed by atoms with Crippen molar-refractivity contribution < 1.29 is 14.3 Å². The van der Waals surface area contributed by atoms with E-state index in [-0.39, 0.29) is 0 Å². The summed E-state index contributed by atoms with van der Waals surface area (Å²) in [6.07, 6.45) is 0. The molecule has 0 atom stereocenters. The Hall–Kier alpha value is -1.11. The van der Waals surface area contributed by atoms with Crippen LogP contribution in [0.1, 0.15) is 0 Å². The Morgan fingerprint density at radius 2 is 2.00 bits per heavy atom. The van der Waals surface area contributed by atoms with E-state index in [9.17, 15) is 5.11 Å². The molecule has 0 unspecified atom stereocenters. The van der Waals surface area contributed by atoms with Gasteiger partial charge in [-0.15, -0.1) is 0 Å². The zero-order valence-corrected chi connectivity index (χ0v) is 8.63. The molecular formula is C8H5IN2O2. The van der Waals surface area contributed by atoms with Crippen LogP contribution in [0.25, 0.3) is 5.69 Å². The van der Waals surface area contributed by atoms with E-state index in [0.29, 0.717) is 3.70 Å². The highest BCUT2D eigenvalue weighted by Crippen LogP contribution is 2.11. The number of hydrogen-bond donors (Lipinski definition) is 0. The van der Waals surface area contributed by atoms with E-state index in [1.165, 1.54) is 4.68 Å². The molecule has 13 heavy (non-hydrogen) atoms. The SMILES string of the molecule is [O-]c1on[n+](-c2ccccc2)c1I. The summed E-state index contributed by atoms with van der Waals surface area (Å²) in [5.74, 6) is -0.413. The molecule has 2 aromatic rings. The Balaban J connectivity index is 2.53. The van der Waals surface area contributed by atoms with Gasteiger partial charge in [0.05, 0.1) is 5.27 Å². The largest absolute Gasteiger partial charge is 0.538 e. The Bertz CT molecular complexity index is 413. The predicted molar refractivity (Wildman–Crippen MR) is 50.2 cm³/mol. The van der Waals surface area contributed by atoms with Crippen LogP contribution in [0.3, 0.4) is 0 Å². The summed E-state index contributed by atoms with van der Waals surface area (Å²) in [5.41, 5.74) is 0.817. The molecule has 4 nitrogen and oxygen atoms in total. The van der Waals surface area contributed by atoms with Crippen LogP contribution >= 0.6 is 22.6 Å². The molecule has 0 bridgehead atoms. The third-order valence-electron chi connectivity index (χ3n) is 1.56.